The molecule has 1 aromatic carbocycles. The van der Waals surface area contributed by atoms with Gasteiger partial charge in [0.05, 0.1) is 25.2 Å². The Morgan fingerprint density at radius 2 is 2.12 bits per heavy atom. The summed E-state index contributed by atoms with van der Waals surface area (Å²) < 4.78 is 10.7. The van der Waals surface area contributed by atoms with E-state index in [1.807, 2.05) is 31.2 Å². The van der Waals surface area contributed by atoms with E-state index in [-0.39, 0.29) is 24.4 Å². The lowest BCUT2D eigenvalue weighted by atomic mass is 9.98. The monoisotopic (exact) mass is 334 g/mol. The predicted molar refractivity (Wildman–Crippen MR) is 90.3 cm³/mol. The first-order valence-electron chi connectivity index (χ1n) is 8.42. The molecule has 6 heteroatoms. The molecule has 1 aliphatic rings. The maximum atomic E-state index is 12.5. The summed E-state index contributed by atoms with van der Waals surface area (Å²) in [6.07, 6.45) is 0.946. The average molecular weight is 334 g/mol. The second kappa shape index (κ2) is 8.80. The molecule has 1 aliphatic heterocycles. The lowest BCUT2D eigenvalue weighted by molar-refractivity contribution is -0.144. The molecule has 1 heterocycles. The quantitative estimate of drug-likeness (QED) is 0.739. The maximum Gasteiger partial charge on any atom is 0.308 e. The van der Waals surface area contributed by atoms with Gasteiger partial charge in [-0.05, 0) is 37.8 Å². The van der Waals surface area contributed by atoms with Crippen molar-refractivity contribution in [3.8, 4) is 0 Å². The van der Waals surface area contributed by atoms with Gasteiger partial charge in [-0.25, -0.2) is 0 Å². The van der Waals surface area contributed by atoms with Crippen molar-refractivity contribution in [3.63, 3.8) is 0 Å². The zero-order valence-electron chi connectivity index (χ0n) is 14.3. The molecule has 1 unspecified atom stereocenters. The van der Waals surface area contributed by atoms with Gasteiger partial charge in [-0.2, -0.15) is 0 Å². The Kier molecular flexibility index (Phi) is 6.75. The van der Waals surface area contributed by atoms with E-state index in [0.29, 0.717) is 19.6 Å². The van der Waals surface area contributed by atoms with Crippen LogP contribution in [0.3, 0.4) is 0 Å². The van der Waals surface area contributed by atoms with Crippen molar-refractivity contribution in [1.29, 1.82) is 0 Å². The number of hydrogen-bond acceptors (Lipinski definition) is 5. The van der Waals surface area contributed by atoms with Crippen molar-refractivity contribution in [2.45, 2.75) is 51.4 Å². The number of carbonyl (C=O) groups excluding carboxylic acids is 2. The van der Waals surface area contributed by atoms with Crippen LogP contribution in [0.2, 0.25) is 0 Å². The Morgan fingerprint density at radius 3 is 2.75 bits per heavy atom. The molecule has 2 rings (SSSR count). The molecule has 1 aromatic rings. The van der Waals surface area contributed by atoms with Crippen molar-refractivity contribution in [1.82, 2.24) is 5.32 Å². The number of rotatable bonds is 7. The van der Waals surface area contributed by atoms with Gasteiger partial charge >= 0.3 is 5.97 Å². The number of hydrogen-bond donors (Lipinski definition) is 2. The maximum absolute atomic E-state index is 12.5. The molecule has 1 saturated heterocycles. The molecule has 3 N–H and O–H groups in total. The van der Waals surface area contributed by atoms with Gasteiger partial charge in [0.2, 0.25) is 5.91 Å². The molecule has 1 amide bonds. The molecular formula is C18H26N2O4. The second-order valence-electron chi connectivity index (χ2n) is 5.99. The zero-order chi connectivity index (χ0) is 17.5. The average Bonchev–Trinajstić information content (AvgIpc) is 3.04. The van der Waals surface area contributed by atoms with Gasteiger partial charge in [0, 0.05) is 6.54 Å². The highest BCUT2D eigenvalue weighted by Crippen LogP contribution is 2.24. The molecule has 6 nitrogen and oxygen atoms in total. The molecule has 24 heavy (non-hydrogen) atoms. The molecule has 0 bridgehead atoms. The zero-order valence-corrected chi connectivity index (χ0v) is 14.3. The number of nitrogens with two attached hydrogens (primary N) is 1. The highest BCUT2D eigenvalue weighted by Gasteiger charge is 2.32. The van der Waals surface area contributed by atoms with Crippen LogP contribution in [0, 0.1) is 6.92 Å². The molecular weight excluding hydrogens is 308 g/mol. The first kappa shape index (κ1) is 18.4. The summed E-state index contributed by atoms with van der Waals surface area (Å²) in [5.74, 6) is -0.540. The molecule has 0 saturated carbocycles. The Hall–Kier alpha value is -1.92. The van der Waals surface area contributed by atoms with Crippen LogP contribution in [0.25, 0.3) is 0 Å². The van der Waals surface area contributed by atoms with E-state index in [1.54, 1.807) is 6.92 Å². The van der Waals surface area contributed by atoms with Crippen molar-refractivity contribution >= 4 is 11.9 Å². The van der Waals surface area contributed by atoms with E-state index in [0.717, 1.165) is 17.5 Å². The summed E-state index contributed by atoms with van der Waals surface area (Å²) >= 11 is 0. The number of benzene rings is 1. The third kappa shape index (κ3) is 4.79. The van der Waals surface area contributed by atoms with E-state index < -0.39 is 12.1 Å². The number of carbonyl (C=O) groups is 2. The molecule has 0 aromatic heterocycles. The standard InChI is InChI=1S/C18H26N2O4/c1-3-23-17(21)10-15(14-7-5-4-6-12(14)2)20-18(22)16-9-8-13(11-19)24-16/h4-7,13,15-16H,3,8-11,19H2,1-2H3,(H,20,22)/t13-,15?,16+/m1/s1. The first-order valence-corrected chi connectivity index (χ1v) is 8.42. The molecule has 0 radical (unpaired) electrons. The highest BCUT2D eigenvalue weighted by atomic mass is 16.5. The first-order chi connectivity index (χ1) is 11.5. The fourth-order valence-electron chi connectivity index (χ4n) is 2.94. The van der Waals surface area contributed by atoms with Crippen molar-refractivity contribution < 1.29 is 19.1 Å². The van der Waals surface area contributed by atoms with E-state index in [4.69, 9.17) is 15.2 Å². The Balaban J connectivity index is 2.09. The minimum absolute atomic E-state index is 0.0669. The van der Waals surface area contributed by atoms with Crippen LogP contribution >= 0.6 is 0 Å². The molecule has 0 aliphatic carbocycles. The largest absolute Gasteiger partial charge is 0.466 e. The lowest BCUT2D eigenvalue weighted by Crippen LogP contribution is -2.39. The smallest absolute Gasteiger partial charge is 0.308 e. The number of ether oxygens (including phenoxy) is 2. The normalized spacial score (nSPS) is 21.3. The number of amides is 1. The van der Waals surface area contributed by atoms with Crippen LogP contribution in [0.1, 0.15) is 43.4 Å². The van der Waals surface area contributed by atoms with E-state index in [2.05, 4.69) is 5.32 Å². The topological polar surface area (TPSA) is 90.7 Å². The van der Waals surface area contributed by atoms with Crippen LogP contribution in [-0.2, 0) is 19.1 Å². The Bertz CT molecular complexity index is 576. The minimum atomic E-state index is -0.507. The lowest BCUT2D eigenvalue weighted by Gasteiger charge is -2.22. The van der Waals surface area contributed by atoms with Gasteiger partial charge in [-0.15, -0.1) is 0 Å². The van der Waals surface area contributed by atoms with Gasteiger partial charge in [-0.1, -0.05) is 24.3 Å². The van der Waals surface area contributed by atoms with E-state index >= 15 is 0 Å². The van der Waals surface area contributed by atoms with Gasteiger partial charge in [0.25, 0.3) is 0 Å². The van der Waals surface area contributed by atoms with Crippen molar-refractivity contribution in [3.05, 3.63) is 35.4 Å². The predicted octanol–water partition coefficient (Wildman–Crippen LogP) is 1.61. The van der Waals surface area contributed by atoms with E-state index in [9.17, 15) is 9.59 Å². The number of aryl methyl sites for hydroxylation is 1. The fourth-order valence-corrected chi connectivity index (χ4v) is 2.94. The number of esters is 1. The summed E-state index contributed by atoms with van der Waals surface area (Å²) in [6.45, 7) is 4.44. The third-order valence-corrected chi connectivity index (χ3v) is 4.22. The van der Waals surface area contributed by atoms with Gasteiger partial charge < -0.3 is 20.5 Å². The summed E-state index contributed by atoms with van der Waals surface area (Å²) in [5.41, 5.74) is 7.51. The van der Waals surface area contributed by atoms with Gasteiger partial charge in [0.15, 0.2) is 0 Å². The van der Waals surface area contributed by atoms with Crippen LogP contribution in [0.4, 0.5) is 0 Å². The van der Waals surface area contributed by atoms with Crippen molar-refractivity contribution in [2.75, 3.05) is 13.2 Å². The second-order valence-corrected chi connectivity index (χ2v) is 5.99. The fraction of sp³-hybridized carbons (Fsp3) is 0.556. The minimum Gasteiger partial charge on any atom is -0.466 e. The number of nitrogens with one attached hydrogen (secondary N) is 1. The van der Waals surface area contributed by atoms with Crippen molar-refractivity contribution in [2.24, 2.45) is 5.73 Å². The molecule has 0 spiro atoms. The molecule has 3 atom stereocenters. The summed E-state index contributed by atoms with van der Waals surface area (Å²) in [4.78, 5) is 24.4. The summed E-state index contributed by atoms with van der Waals surface area (Å²) in [6, 6.07) is 7.25. The molecule has 132 valence electrons. The van der Waals surface area contributed by atoms with Crippen LogP contribution in [-0.4, -0.2) is 37.2 Å². The SMILES string of the molecule is CCOC(=O)CC(NC(=O)[C@@H]1CC[C@H](CN)O1)c1ccccc1C. The summed E-state index contributed by atoms with van der Waals surface area (Å²) in [5, 5.41) is 2.94. The van der Waals surface area contributed by atoms with Crippen LogP contribution in [0.15, 0.2) is 24.3 Å². The summed E-state index contributed by atoms with van der Waals surface area (Å²) in [7, 11) is 0. The Morgan fingerprint density at radius 1 is 1.38 bits per heavy atom. The van der Waals surface area contributed by atoms with E-state index in [1.165, 1.54) is 0 Å². The Labute approximate surface area is 142 Å². The molecule has 1 fully saturated rings. The van der Waals surface area contributed by atoms with Gasteiger partial charge in [0.1, 0.15) is 6.10 Å². The third-order valence-electron chi connectivity index (χ3n) is 4.22. The van der Waals surface area contributed by atoms with Crippen LogP contribution in [0.5, 0.6) is 0 Å². The van der Waals surface area contributed by atoms with Crippen LogP contribution < -0.4 is 11.1 Å². The van der Waals surface area contributed by atoms with Gasteiger partial charge in [-0.3, -0.25) is 9.59 Å². The highest BCUT2D eigenvalue weighted by molar-refractivity contribution is 5.82.